The first-order valence-corrected chi connectivity index (χ1v) is 18.9. The van der Waals surface area contributed by atoms with E-state index in [1.54, 1.807) is 7.69 Å². The fraction of sp³-hybridized carbons (Fsp3) is 0.714. The quantitative estimate of drug-likeness (QED) is 0.652. The zero-order valence-electron chi connectivity index (χ0n) is 14.2. The number of hydrogen-bond acceptors (Lipinski definition) is 3. The Hall–Kier alpha value is 0.786. The molecule has 0 saturated carbocycles. The van der Waals surface area contributed by atoms with Crippen LogP contribution in [-0.2, 0) is 21.1 Å². The summed E-state index contributed by atoms with van der Waals surface area (Å²) in [6.45, 7) is 0. The van der Waals surface area contributed by atoms with Crippen LogP contribution in [0.25, 0.3) is 0 Å². The average Bonchev–Trinajstić information content (AvgIpc) is 2.64. The van der Waals surface area contributed by atoms with Crippen LogP contribution in [0.1, 0.15) is 6.42 Å². The summed E-state index contributed by atoms with van der Waals surface area (Å²) in [6.07, 6.45) is 6.00. The molecular weight excluding hydrogens is 374 g/mol. The average molecular weight is 405 g/mol. The second kappa shape index (κ2) is 6.27. The SMILES string of the molecule is C[N](C)[Zr]([C]1=[C]([Ge]([CH3])([CH3])[CH3])C=CC1)([N](C)C)[N](C)C. The Morgan fingerprint density at radius 3 is 1.63 bits per heavy atom. The zero-order valence-corrected chi connectivity index (χ0v) is 18.8. The summed E-state index contributed by atoms with van der Waals surface area (Å²) in [5.41, 5.74) is 0. The number of nitrogens with zero attached hydrogens (tertiary/aromatic N) is 3. The van der Waals surface area contributed by atoms with Crippen LogP contribution < -0.4 is 0 Å². The zero-order chi connectivity index (χ0) is 15.0. The summed E-state index contributed by atoms with van der Waals surface area (Å²) in [7, 11) is 13.6. The molecule has 3 nitrogen and oxygen atoms in total. The standard InChI is InChI=1S/C8H13Ge.3C2H6N.Zr/c1-9(2,3)8-6-4-5-7-8;3*1-3-2;/h4,6H,5H2,1-3H3;3*1-2H3;/q;3*-1;+3. The van der Waals surface area contributed by atoms with Gasteiger partial charge in [0.05, 0.1) is 0 Å². The Kier molecular flexibility index (Phi) is 5.89. The van der Waals surface area contributed by atoms with E-state index < -0.39 is 34.4 Å². The molecule has 1 aliphatic rings. The molecule has 0 radical (unpaired) electrons. The van der Waals surface area contributed by atoms with Crippen LogP contribution in [0.4, 0.5) is 0 Å². The van der Waals surface area contributed by atoms with Crippen molar-refractivity contribution < 1.29 is 21.1 Å². The van der Waals surface area contributed by atoms with Crippen LogP contribution in [0.2, 0.25) is 17.3 Å². The Morgan fingerprint density at radius 1 is 0.895 bits per heavy atom. The van der Waals surface area contributed by atoms with Crippen molar-refractivity contribution in [2.75, 3.05) is 42.3 Å². The van der Waals surface area contributed by atoms with Gasteiger partial charge < -0.3 is 0 Å². The molecule has 5 heteroatoms. The topological polar surface area (TPSA) is 9.72 Å². The van der Waals surface area contributed by atoms with Gasteiger partial charge in [0.2, 0.25) is 0 Å². The predicted molar refractivity (Wildman–Crippen MR) is 85.2 cm³/mol. The molecule has 0 heterocycles. The van der Waals surface area contributed by atoms with Gasteiger partial charge in [-0.3, -0.25) is 0 Å². The van der Waals surface area contributed by atoms with Crippen molar-refractivity contribution in [1.29, 1.82) is 0 Å². The Morgan fingerprint density at radius 2 is 1.32 bits per heavy atom. The normalized spacial score (nSPS) is 17.5. The first-order valence-electron chi connectivity index (χ1n) is 6.99. The van der Waals surface area contributed by atoms with Crippen LogP contribution in [0.15, 0.2) is 19.8 Å². The van der Waals surface area contributed by atoms with E-state index in [0.29, 0.717) is 0 Å². The molecule has 0 aliphatic heterocycles. The van der Waals surface area contributed by atoms with Gasteiger partial charge in [-0.1, -0.05) is 0 Å². The van der Waals surface area contributed by atoms with Crippen LogP contribution in [0.3, 0.4) is 0 Å². The van der Waals surface area contributed by atoms with Gasteiger partial charge in [0.1, 0.15) is 0 Å². The van der Waals surface area contributed by atoms with Crippen LogP contribution in [-0.4, -0.2) is 64.1 Å². The van der Waals surface area contributed by atoms with Crippen molar-refractivity contribution in [2.24, 2.45) is 0 Å². The Bertz CT molecular complexity index is 370. The minimum atomic E-state index is -2.81. The first-order chi connectivity index (χ1) is 8.56. The van der Waals surface area contributed by atoms with E-state index in [1.165, 1.54) is 6.42 Å². The molecule has 0 N–H and O–H groups in total. The summed E-state index contributed by atoms with van der Waals surface area (Å²) in [5, 5.41) is 0. The third kappa shape index (κ3) is 3.18. The van der Waals surface area contributed by atoms with Gasteiger partial charge in [0.15, 0.2) is 0 Å². The molecule has 0 bridgehead atoms. The predicted octanol–water partition coefficient (Wildman–Crippen LogP) is 2.66. The Labute approximate surface area is 128 Å². The van der Waals surface area contributed by atoms with Crippen molar-refractivity contribution in [2.45, 2.75) is 23.7 Å². The van der Waals surface area contributed by atoms with E-state index >= 15 is 0 Å². The fourth-order valence-electron chi connectivity index (χ4n) is 3.54. The molecular formula is C14H31GeN3Zr. The summed E-state index contributed by atoms with van der Waals surface area (Å²) >= 11 is -4.61. The van der Waals surface area contributed by atoms with Crippen LogP contribution in [0.5, 0.6) is 0 Å². The summed E-state index contributed by atoms with van der Waals surface area (Å²) in [6, 6.07) is 0. The molecule has 0 atom stereocenters. The second-order valence-electron chi connectivity index (χ2n) is 7.07. The molecule has 19 heavy (non-hydrogen) atoms. The molecule has 0 fully saturated rings. The van der Waals surface area contributed by atoms with Crippen LogP contribution in [0, 0.1) is 0 Å². The summed E-state index contributed by atoms with van der Waals surface area (Å²) < 4.78 is 11.2. The minimum absolute atomic E-state index is 1.17. The molecule has 0 saturated heterocycles. The van der Waals surface area contributed by atoms with Crippen molar-refractivity contribution in [3.8, 4) is 0 Å². The van der Waals surface area contributed by atoms with E-state index in [2.05, 4.69) is 80.2 Å². The molecule has 0 unspecified atom stereocenters. The number of hydrogen-bond donors (Lipinski definition) is 0. The van der Waals surface area contributed by atoms with Gasteiger partial charge in [0.25, 0.3) is 0 Å². The van der Waals surface area contributed by atoms with Gasteiger partial charge in [0, 0.05) is 0 Å². The number of allylic oxidation sites excluding steroid dienone is 4. The third-order valence-electron chi connectivity index (χ3n) is 4.02. The van der Waals surface area contributed by atoms with E-state index in [4.69, 9.17) is 0 Å². The molecule has 0 aromatic carbocycles. The van der Waals surface area contributed by atoms with Crippen molar-refractivity contribution in [3.63, 3.8) is 0 Å². The number of rotatable bonds is 5. The molecule has 0 aromatic heterocycles. The van der Waals surface area contributed by atoms with E-state index in [9.17, 15) is 0 Å². The molecule has 1 aliphatic carbocycles. The first kappa shape index (κ1) is 17.8. The van der Waals surface area contributed by atoms with Gasteiger partial charge in [-0.05, 0) is 0 Å². The third-order valence-corrected chi connectivity index (χ3v) is 22.0. The molecule has 0 spiro atoms. The van der Waals surface area contributed by atoms with E-state index in [0.717, 1.165) is 0 Å². The van der Waals surface area contributed by atoms with Crippen LogP contribution >= 0.6 is 0 Å². The summed E-state index contributed by atoms with van der Waals surface area (Å²) in [4.78, 5) is 0. The second-order valence-corrected chi connectivity index (χ2v) is 28.8. The van der Waals surface area contributed by atoms with Gasteiger partial charge in [-0.25, -0.2) is 0 Å². The molecule has 0 aromatic rings. The monoisotopic (exact) mass is 405 g/mol. The van der Waals surface area contributed by atoms with Gasteiger partial charge in [-0.15, -0.1) is 0 Å². The van der Waals surface area contributed by atoms with Gasteiger partial charge in [-0.2, -0.15) is 0 Å². The van der Waals surface area contributed by atoms with Crippen molar-refractivity contribution >= 4 is 13.3 Å². The molecule has 0 amide bonds. The maximum atomic E-state index is 2.55. The fourth-order valence-corrected chi connectivity index (χ4v) is 25.8. The van der Waals surface area contributed by atoms with Crippen molar-refractivity contribution in [3.05, 3.63) is 19.8 Å². The molecule has 110 valence electrons. The van der Waals surface area contributed by atoms with Gasteiger partial charge >= 0.3 is 129 Å². The maximum absolute atomic E-state index is 2.81. The Balaban J connectivity index is 3.51. The van der Waals surface area contributed by atoms with E-state index in [-0.39, 0.29) is 0 Å². The molecule has 1 rings (SSSR count). The van der Waals surface area contributed by atoms with E-state index in [1.807, 2.05) is 0 Å². The van der Waals surface area contributed by atoms with Crippen molar-refractivity contribution in [1.82, 2.24) is 8.53 Å². The summed E-state index contributed by atoms with van der Waals surface area (Å²) in [5.74, 6) is 7.55.